The molecule has 0 radical (unpaired) electrons. The quantitative estimate of drug-likeness (QED) is 0.785. The van der Waals surface area contributed by atoms with E-state index in [1.807, 2.05) is 49.3 Å². The number of thioether (sulfide) groups is 1. The van der Waals surface area contributed by atoms with E-state index in [0.717, 1.165) is 31.7 Å². The van der Waals surface area contributed by atoms with E-state index >= 15 is 0 Å². The minimum absolute atomic E-state index is 0.159. The summed E-state index contributed by atoms with van der Waals surface area (Å²) in [7, 11) is 0. The molecule has 0 N–H and O–H groups in total. The van der Waals surface area contributed by atoms with Crippen molar-refractivity contribution in [3.05, 3.63) is 0 Å². The van der Waals surface area contributed by atoms with Crippen LogP contribution in [0.15, 0.2) is 0 Å². The normalized spacial score (nSPS) is 26.6. The zero-order chi connectivity index (χ0) is 15.0. The van der Waals surface area contributed by atoms with Crippen LogP contribution in [0.1, 0.15) is 47.0 Å². The number of carbonyl (C=O) groups excluding carboxylic acids is 2. The highest BCUT2D eigenvalue weighted by Gasteiger charge is 2.51. The van der Waals surface area contributed by atoms with Gasteiger partial charge in [-0.3, -0.25) is 9.59 Å². The van der Waals surface area contributed by atoms with Gasteiger partial charge in [0.05, 0.1) is 6.54 Å². The Balaban J connectivity index is 2.11. The number of hydrogen-bond acceptors (Lipinski definition) is 3. The molecule has 0 aromatic carbocycles. The first-order valence-electron chi connectivity index (χ1n) is 7.54. The first-order valence-corrected chi connectivity index (χ1v) is 8.52. The molecule has 114 valence electrons. The van der Waals surface area contributed by atoms with Gasteiger partial charge in [-0.05, 0) is 12.8 Å². The van der Waals surface area contributed by atoms with Crippen molar-refractivity contribution in [3.63, 3.8) is 0 Å². The van der Waals surface area contributed by atoms with Gasteiger partial charge >= 0.3 is 0 Å². The van der Waals surface area contributed by atoms with E-state index in [-0.39, 0.29) is 22.1 Å². The second-order valence-corrected chi connectivity index (χ2v) is 8.27. The molecule has 2 saturated heterocycles. The summed E-state index contributed by atoms with van der Waals surface area (Å²) in [6.07, 6.45) is 2.42. The second kappa shape index (κ2) is 5.58. The van der Waals surface area contributed by atoms with Crippen LogP contribution in [0.4, 0.5) is 0 Å². The molecular weight excluding hydrogens is 272 g/mol. The van der Waals surface area contributed by atoms with Gasteiger partial charge in [-0.1, -0.05) is 27.7 Å². The van der Waals surface area contributed by atoms with Gasteiger partial charge in [0, 0.05) is 30.7 Å². The first-order chi connectivity index (χ1) is 9.30. The van der Waals surface area contributed by atoms with Gasteiger partial charge in [0.1, 0.15) is 4.87 Å². The molecule has 2 heterocycles. The first kappa shape index (κ1) is 15.7. The molecule has 2 rings (SSSR count). The average Bonchev–Trinajstić information content (AvgIpc) is 2.96. The summed E-state index contributed by atoms with van der Waals surface area (Å²) >= 11 is 1.86. The molecule has 2 aliphatic rings. The van der Waals surface area contributed by atoms with Gasteiger partial charge in [-0.2, -0.15) is 0 Å². The van der Waals surface area contributed by atoms with Gasteiger partial charge in [-0.15, -0.1) is 11.8 Å². The van der Waals surface area contributed by atoms with E-state index in [9.17, 15) is 9.59 Å². The summed E-state index contributed by atoms with van der Waals surface area (Å²) in [6.45, 7) is 10.3. The van der Waals surface area contributed by atoms with Crippen molar-refractivity contribution in [2.24, 2.45) is 5.41 Å². The summed E-state index contributed by atoms with van der Waals surface area (Å²) in [4.78, 5) is 28.5. The maximum Gasteiger partial charge on any atom is 0.229 e. The summed E-state index contributed by atoms with van der Waals surface area (Å²) in [5.74, 6) is 1.43. The summed E-state index contributed by atoms with van der Waals surface area (Å²) in [5, 5.41) is 0. The third-order valence-electron chi connectivity index (χ3n) is 4.09. The summed E-state index contributed by atoms with van der Waals surface area (Å²) in [6, 6.07) is 0. The minimum Gasteiger partial charge on any atom is -0.339 e. The van der Waals surface area contributed by atoms with Crippen LogP contribution in [0.5, 0.6) is 0 Å². The Hall–Kier alpha value is -0.710. The number of nitrogens with zero attached hydrogens (tertiary/aromatic N) is 2. The van der Waals surface area contributed by atoms with E-state index in [4.69, 9.17) is 0 Å². The van der Waals surface area contributed by atoms with Crippen LogP contribution in [0.3, 0.4) is 0 Å². The lowest BCUT2D eigenvalue weighted by molar-refractivity contribution is -0.142. The highest BCUT2D eigenvalue weighted by molar-refractivity contribution is 8.00. The van der Waals surface area contributed by atoms with Crippen molar-refractivity contribution < 1.29 is 9.59 Å². The van der Waals surface area contributed by atoms with Gasteiger partial charge < -0.3 is 9.80 Å². The molecule has 20 heavy (non-hydrogen) atoms. The van der Waals surface area contributed by atoms with Crippen molar-refractivity contribution >= 4 is 23.6 Å². The standard InChI is InChI=1S/C15H26N2O2S/c1-5-6-12(18)16-8-7-15(11-16)17(9-10-20-15)13(19)14(2,3)4/h5-11H2,1-4H3. The van der Waals surface area contributed by atoms with Crippen LogP contribution >= 0.6 is 11.8 Å². The second-order valence-electron chi connectivity index (χ2n) is 6.82. The number of likely N-dealkylation sites (tertiary alicyclic amines) is 1. The molecule has 0 saturated carbocycles. The minimum atomic E-state index is -0.348. The van der Waals surface area contributed by atoms with Crippen LogP contribution in [0.2, 0.25) is 0 Å². The molecule has 0 aliphatic carbocycles. The van der Waals surface area contributed by atoms with Crippen molar-refractivity contribution in [1.82, 2.24) is 9.80 Å². The number of amides is 2. The maximum atomic E-state index is 12.6. The predicted octanol–water partition coefficient (Wildman–Crippen LogP) is 2.34. The van der Waals surface area contributed by atoms with E-state index in [1.54, 1.807) is 0 Å². The van der Waals surface area contributed by atoms with Crippen molar-refractivity contribution in [2.45, 2.75) is 51.8 Å². The smallest absolute Gasteiger partial charge is 0.229 e. The largest absolute Gasteiger partial charge is 0.339 e. The Morgan fingerprint density at radius 3 is 2.55 bits per heavy atom. The molecule has 0 bridgehead atoms. The van der Waals surface area contributed by atoms with Gasteiger partial charge in [-0.25, -0.2) is 0 Å². The van der Waals surface area contributed by atoms with Crippen molar-refractivity contribution in [1.29, 1.82) is 0 Å². The molecule has 4 nitrogen and oxygen atoms in total. The van der Waals surface area contributed by atoms with Crippen LogP contribution < -0.4 is 0 Å². The lowest BCUT2D eigenvalue weighted by Gasteiger charge is -2.37. The lowest BCUT2D eigenvalue weighted by atomic mass is 9.93. The van der Waals surface area contributed by atoms with Crippen LogP contribution in [0, 0.1) is 5.41 Å². The van der Waals surface area contributed by atoms with E-state index < -0.39 is 0 Å². The lowest BCUT2D eigenvalue weighted by Crippen LogP contribution is -2.51. The van der Waals surface area contributed by atoms with Gasteiger partial charge in [0.2, 0.25) is 11.8 Å². The molecular formula is C15H26N2O2S. The van der Waals surface area contributed by atoms with Crippen LogP contribution in [-0.2, 0) is 9.59 Å². The van der Waals surface area contributed by atoms with Crippen molar-refractivity contribution in [3.8, 4) is 0 Å². The molecule has 0 aromatic rings. The fourth-order valence-corrected chi connectivity index (χ4v) is 4.46. The molecule has 1 spiro atoms. The highest BCUT2D eigenvalue weighted by Crippen LogP contribution is 2.44. The third kappa shape index (κ3) is 2.83. The Labute approximate surface area is 126 Å². The fraction of sp³-hybridized carbons (Fsp3) is 0.867. The molecule has 1 unspecified atom stereocenters. The monoisotopic (exact) mass is 298 g/mol. The summed E-state index contributed by atoms with van der Waals surface area (Å²) < 4.78 is 0. The molecule has 1 atom stereocenters. The number of carbonyl (C=O) groups is 2. The highest BCUT2D eigenvalue weighted by atomic mass is 32.2. The fourth-order valence-electron chi connectivity index (χ4n) is 2.99. The molecule has 2 fully saturated rings. The third-order valence-corrected chi connectivity index (χ3v) is 5.57. The van der Waals surface area contributed by atoms with Gasteiger partial charge in [0.25, 0.3) is 0 Å². The average molecular weight is 298 g/mol. The van der Waals surface area contributed by atoms with Gasteiger partial charge in [0.15, 0.2) is 0 Å². The topological polar surface area (TPSA) is 40.6 Å². The van der Waals surface area contributed by atoms with Crippen molar-refractivity contribution in [2.75, 3.05) is 25.4 Å². The molecule has 2 amide bonds. The molecule has 5 heteroatoms. The Bertz CT molecular complexity index is 405. The Kier molecular flexibility index (Phi) is 4.38. The Morgan fingerprint density at radius 2 is 1.95 bits per heavy atom. The number of rotatable bonds is 2. The summed E-state index contributed by atoms with van der Waals surface area (Å²) in [5.41, 5.74) is -0.348. The maximum absolute atomic E-state index is 12.6. The van der Waals surface area contributed by atoms with Crippen LogP contribution in [0.25, 0.3) is 0 Å². The predicted molar refractivity (Wildman–Crippen MR) is 82.5 cm³/mol. The van der Waals surface area contributed by atoms with E-state index in [1.165, 1.54) is 0 Å². The van der Waals surface area contributed by atoms with E-state index in [2.05, 4.69) is 0 Å². The van der Waals surface area contributed by atoms with E-state index in [0.29, 0.717) is 13.0 Å². The zero-order valence-corrected chi connectivity index (χ0v) is 13.9. The molecule has 2 aliphatic heterocycles. The number of hydrogen-bond donors (Lipinski definition) is 0. The zero-order valence-electron chi connectivity index (χ0n) is 13.1. The Morgan fingerprint density at radius 1 is 1.25 bits per heavy atom. The molecule has 0 aromatic heterocycles. The van der Waals surface area contributed by atoms with Crippen LogP contribution in [-0.4, -0.2) is 51.9 Å². The SMILES string of the molecule is CCCC(=O)N1CCC2(C1)SCCN2C(=O)C(C)(C)C.